The summed E-state index contributed by atoms with van der Waals surface area (Å²) in [5.41, 5.74) is 3.36. The SMILES string of the molecule is CCCOc1ccc(/C=C(/C#N)C(=O)Nc2cc(C)ccc2C)cc1OC. The van der Waals surface area contributed by atoms with E-state index in [0.717, 1.165) is 17.5 Å². The zero-order chi connectivity index (χ0) is 19.8. The molecule has 0 saturated carbocycles. The highest BCUT2D eigenvalue weighted by Crippen LogP contribution is 2.29. The molecule has 2 aromatic carbocycles. The van der Waals surface area contributed by atoms with E-state index < -0.39 is 5.91 Å². The van der Waals surface area contributed by atoms with Crippen molar-refractivity contribution in [2.75, 3.05) is 19.0 Å². The fourth-order valence-electron chi connectivity index (χ4n) is 2.48. The largest absolute Gasteiger partial charge is 0.493 e. The fourth-order valence-corrected chi connectivity index (χ4v) is 2.48. The molecule has 2 aromatic rings. The van der Waals surface area contributed by atoms with E-state index >= 15 is 0 Å². The number of carbonyl (C=O) groups excluding carboxylic acids is 1. The number of nitrogens with one attached hydrogen (secondary N) is 1. The van der Waals surface area contributed by atoms with Gasteiger partial charge in [-0.25, -0.2) is 0 Å². The monoisotopic (exact) mass is 364 g/mol. The number of nitriles is 1. The van der Waals surface area contributed by atoms with Gasteiger partial charge in [0.1, 0.15) is 11.6 Å². The van der Waals surface area contributed by atoms with E-state index in [-0.39, 0.29) is 5.57 Å². The van der Waals surface area contributed by atoms with E-state index in [1.165, 1.54) is 6.08 Å². The van der Waals surface area contributed by atoms with Gasteiger partial charge in [0.2, 0.25) is 0 Å². The summed E-state index contributed by atoms with van der Waals surface area (Å²) in [4.78, 5) is 12.5. The lowest BCUT2D eigenvalue weighted by Gasteiger charge is -2.11. The summed E-state index contributed by atoms with van der Waals surface area (Å²) in [5, 5.41) is 12.2. The van der Waals surface area contributed by atoms with Crippen molar-refractivity contribution in [3.63, 3.8) is 0 Å². The van der Waals surface area contributed by atoms with Gasteiger partial charge in [-0.15, -0.1) is 0 Å². The summed E-state index contributed by atoms with van der Waals surface area (Å²) in [6.45, 7) is 6.47. The zero-order valence-corrected chi connectivity index (χ0v) is 16.1. The highest BCUT2D eigenvalue weighted by Gasteiger charge is 2.12. The average molecular weight is 364 g/mol. The number of aryl methyl sites for hydroxylation is 2. The third-order valence-corrected chi connectivity index (χ3v) is 3.97. The first-order chi connectivity index (χ1) is 13.0. The van der Waals surface area contributed by atoms with Crippen LogP contribution in [0.4, 0.5) is 5.69 Å². The first kappa shape index (κ1) is 20.1. The number of benzene rings is 2. The first-order valence-corrected chi connectivity index (χ1v) is 8.79. The molecule has 27 heavy (non-hydrogen) atoms. The second kappa shape index (κ2) is 9.44. The molecule has 0 bridgehead atoms. The Morgan fingerprint density at radius 3 is 2.63 bits per heavy atom. The zero-order valence-electron chi connectivity index (χ0n) is 16.1. The van der Waals surface area contributed by atoms with Crippen LogP contribution in [-0.4, -0.2) is 19.6 Å². The van der Waals surface area contributed by atoms with E-state index in [2.05, 4.69) is 5.32 Å². The molecular weight excluding hydrogens is 340 g/mol. The summed E-state index contributed by atoms with van der Waals surface area (Å²) >= 11 is 0. The number of rotatable bonds is 7. The molecule has 2 rings (SSSR count). The van der Waals surface area contributed by atoms with Crippen LogP contribution in [0.15, 0.2) is 42.0 Å². The molecule has 1 N–H and O–H groups in total. The summed E-state index contributed by atoms with van der Waals surface area (Å²) in [7, 11) is 1.56. The summed E-state index contributed by atoms with van der Waals surface area (Å²) in [6.07, 6.45) is 2.43. The Morgan fingerprint density at radius 2 is 1.96 bits per heavy atom. The molecule has 140 valence electrons. The number of amides is 1. The van der Waals surface area contributed by atoms with Crippen molar-refractivity contribution >= 4 is 17.7 Å². The molecule has 0 saturated heterocycles. The molecule has 0 spiro atoms. The molecule has 0 unspecified atom stereocenters. The smallest absolute Gasteiger partial charge is 0.266 e. The maximum absolute atomic E-state index is 12.5. The molecule has 0 aliphatic rings. The lowest BCUT2D eigenvalue weighted by molar-refractivity contribution is -0.112. The molecule has 0 heterocycles. The van der Waals surface area contributed by atoms with Crippen molar-refractivity contribution in [1.29, 1.82) is 5.26 Å². The normalized spacial score (nSPS) is 10.9. The molecule has 0 atom stereocenters. The predicted octanol–water partition coefficient (Wildman–Crippen LogP) is 4.65. The van der Waals surface area contributed by atoms with Crippen LogP contribution in [0.3, 0.4) is 0 Å². The Labute approximate surface area is 160 Å². The number of methoxy groups -OCH3 is 1. The molecule has 0 radical (unpaired) electrons. The minimum atomic E-state index is -0.448. The van der Waals surface area contributed by atoms with Crippen LogP contribution in [0.5, 0.6) is 11.5 Å². The third kappa shape index (κ3) is 5.35. The average Bonchev–Trinajstić information content (AvgIpc) is 2.67. The van der Waals surface area contributed by atoms with Gasteiger partial charge in [-0.1, -0.05) is 25.1 Å². The summed E-state index contributed by atoms with van der Waals surface area (Å²) in [5.74, 6) is 0.746. The summed E-state index contributed by atoms with van der Waals surface area (Å²) < 4.78 is 11.0. The lowest BCUT2D eigenvalue weighted by Crippen LogP contribution is -2.14. The third-order valence-electron chi connectivity index (χ3n) is 3.97. The van der Waals surface area contributed by atoms with Crippen LogP contribution in [0, 0.1) is 25.2 Å². The maximum atomic E-state index is 12.5. The quantitative estimate of drug-likeness (QED) is 0.573. The van der Waals surface area contributed by atoms with Crippen molar-refractivity contribution in [3.8, 4) is 17.6 Å². The Hall–Kier alpha value is -3.26. The number of hydrogen-bond acceptors (Lipinski definition) is 4. The van der Waals surface area contributed by atoms with Gasteiger partial charge >= 0.3 is 0 Å². The van der Waals surface area contributed by atoms with Crippen LogP contribution in [0.25, 0.3) is 6.08 Å². The van der Waals surface area contributed by atoms with Gasteiger partial charge in [-0.2, -0.15) is 5.26 Å². The Bertz CT molecular complexity index is 895. The minimum Gasteiger partial charge on any atom is -0.493 e. The standard InChI is InChI=1S/C22H24N2O3/c1-5-10-27-20-9-8-17(13-21(20)26-4)12-18(14-23)22(25)24-19-11-15(2)6-7-16(19)3/h6-9,11-13H,5,10H2,1-4H3,(H,24,25)/b18-12-. The van der Waals surface area contributed by atoms with Crippen molar-refractivity contribution in [2.24, 2.45) is 0 Å². The lowest BCUT2D eigenvalue weighted by atomic mass is 10.1. The molecule has 5 nitrogen and oxygen atoms in total. The van der Waals surface area contributed by atoms with Crippen LogP contribution >= 0.6 is 0 Å². The number of carbonyl (C=O) groups is 1. The number of anilines is 1. The Balaban J connectivity index is 2.25. The molecular formula is C22H24N2O3. The molecule has 0 aliphatic carbocycles. The van der Waals surface area contributed by atoms with Gasteiger partial charge in [0.15, 0.2) is 11.5 Å². The second-order valence-corrected chi connectivity index (χ2v) is 6.20. The number of hydrogen-bond donors (Lipinski definition) is 1. The molecule has 0 aliphatic heterocycles. The Morgan fingerprint density at radius 1 is 1.19 bits per heavy atom. The summed E-state index contributed by atoms with van der Waals surface area (Å²) in [6, 6.07) is 13.1. The number of ether oxygens (including phenoxy) is 2. The van der Waals surface area contributed by atoms with E-state index in [1.54, 1.807) is 25.3 Å². The van der Waals surface area contributed by atoms with Crippen LogP contribution < -0.4 is 14.8 Å². The molecule has 5 heteroatoms. The highest BCUT2D eigenvalue weighted by atomic mass is 16.5. The highest BCUT2D eigenvalue weighted by molar-refractivity contribution is 6.10. The Kier molecular flexibility index (Phi) is 7.01. The van der Waals surface area contributed by atoms with E-state index in [0.29, 0.717) is 29.4 Å². The second-order valence-electron chi connectivity index (χ2n) is 6.20. The van der Waals surface area contributed by atoms with Crippen LogP contribution in [0.2, 0.25) is 0 Å². The van der Waals surface area contributed by atoms with Crippen LogP contribution in [-0.2, 0) is 4.79 Å². The van der Waals surface area contributed by atoms with E-state index in [1.807, 2.05) is 45.0 Å². The van der Waals surface area contributed by atoms with Gasteiger partial charge in [0.25, 0.3) is 5.91 Å². The number of nitrogens with zero attached hydrogens (tertiary/aromatic N) is 1. The minimum absolute atomic E-state index is 0.0141. The fraction of sp³-hybridized carbons (Fsp3) is 0.273. The first-order valence-electron chi connectivity index (χ1n) is 8.79. The van der Waals surface area contributed by atoms with Gasteiger partial charge in [-0.3, -0.25) is 4.79 Å². The van der Waals surface area contributed by atoms with Crippen molar-refractivity contribution in [2.45, 2.75) is 27.2 Å². The van der Waals surface area contributed by atoms with Crippen molar-refractivity contribution in [3.05, 3.63) is 58.7 Å². The van der Waals surface area contributed by atoms with Crippen LogP contribution in [0.1, 0.15) is 30.0 Å². The van der Waals surface area contributed by atoms with Gasteiger partial charge in [0.05, 0.1) is 13.7 Å². The molecule has 0 fully saturated rings. The van der Waals surface area contributed by atoms with Gasteiger partial charge in [-0.05, 0) is 61.2 Å². The van der Waals surface area contributed by atoms with E-state index in [9.17, 15) is 10.1 Å². The maximum Gasteiger partial charge on any atom is 0.266 e. The van der Waals surface area contributed by atoms with Gasteiger partial charge in [0, 0.05) is 5.69 Å². The molecule has 1 amide bonds. The van der Waals surface area contributed by atoms with Crippen molar-refractivity contribution in [1.82, 2.24) is 0 Å². The molecule has 0 aromatic heterocycles. The predicted molar refractivity (Wildman–Crippen MR) is 107 cm³/mol. The van der Waals surface area contributed by atoms with Gasteiger partial charge < -0.3 is 14.8 Å². The van der Waals surface area contributed by atoms with Crippen molar-refractivity contribution < 1.29 is 14.3 Å². The van der Waals surface area contributed by atoms with E-state index in [4.69, 9.17) is 9.47 Å². The topological polar surface area (TPSA) is 71.3 Å².